The van der Waals surface area contributed by atoms with Crippen LogP contribution in [-0.2, 0) is 9.53 Å². The van der Waals surface area contributed by atoms with Crippen LogP contribution in [-0.4, -0.2) is 18.0 Å². The molecule has 0 saturated heterocycles. The summed E-state index contributed by atoms with van der Waals surface area (Å²) >= 11 is 0. The van der Waals surface area contributed by atoms with Gasteiger partial charge in [-0.15, -0.1) is 0 Å². The Hall–Kier alpha value is -2.76. The molecule has 1 atom stereocenters. The number of hydrogen-bond donors (Lipinski definition) is 1. The van der Waals surface area contributed by atoms with E-state index in [1.165, 1.54) is 6.92 Å². The highest BCUT2D eigenvalue weighted by Gasteiger charge is 2.25. The minimum atomic E-state index is -1.22. The largest absolute Gasteiger partial charge is 0.449 e. The number of nitrogens with one attached hydrogen (secondary N) is 1. The topological polar surface area (TPSA) is 55.4 Å². The first-order valence-electron chi connectivity index (χ1n) is 8.27. The summed E-state index contributed by atoms with van der Waals surface area (Å²) in [4.78, 5) is 24.4. The lowest BCUT2D eigenvalue weighted by Crippen LogP contribution is -2.31. The highest BCUT2D eigenvalue weighted by Crippen LogP contribution is 2.27. The van der Waals surface area contributed by atoms with E-state index in [0.29, 0.717) is 5.69 Å². The van der Waals surface area contributed by atoms with Crippen molar-refractivity contribution < 1.29 is 23.1 Å². The fourth-order valence-electron chi connectivity index (χ4n) is 2.53. The number of rotatable bonds is 5. The molecule has 1 amide bonds. The van der Waals surface area contributed by atoms with E-state index < -0.39 is 35.2 Å². The predicted octanol–water partition coefficient (Wildman–Crippen LogP) is 4.58. The minimum Gasteiger partial charge on any atom is -0.449 e. The molecule has 138 valence electrons. The second-order valence-corrected chi connectivity index (χ2v) is 6.33. The summed E-state index contributed by atoms with van der Waals surface area (Å²) < 4.78 is 32.2. The van der Waals surface area contributed by atoms with Gasteiger partial charge in [0.25, 0.3) is 5.91 Å². The van der Waals surface area contributed by atoms with Gasteiger partial charge in [0.2, 0.25) is 0 Å². The number of halogens is 2. The molecular formula is C20H21F2NO3. The number of ether oxygens (including phenoxy) is 1. The third-order valence-electron chi connectivity index (χ3n) is 4.00. The number of amides is 1. The van der Waals surface area contributed by atoms with Gasteiger partial charge in [-0.2, -0.15) is 0 Å². The van der Waals surface area contributed by atoms with Crippen molar-refractivity contribution in [1.82, 2.24) is 0 Å². The highest BCUT2D eigenvalue weighted by molar-refractivity contribution is 5.98. The Bertz CT molecular complexity index is 814. The van der Waals surface area contributed by atoms with Crippen LogP contribution < -0.4 is 5.32 Å². The molecule has 26 heavy (non-hydrogen) atoms. The van der Waals surface area contributed by atoms with Crippen molar-refractivity contribution in [1.29, 1.82) is 0 Å². The molecule has 2 aromatic rings. The molecule has 6 heteroatoms. The van der Waals surface area contributed by atoms with Crippen LogP contribution in [0, 0.1) is 18.6 Å². The normalized spacial score (nSPS) is 12.0. The van der Waals surface area contributed by atoms with Gasteiger partial charge in [0, 0.05) is 5.69 Å². The number of aryl methyl sites for hydroxylation is 1. The SMILES string of the molecule is Cc1cccc(C(C)C)c1NC(=O)C(C)OC(=O)c1c(F)cccc1F. The zero-order valence-corrected chi connectivity index (χ0v) is 15.1. The second kappa shape index (κ2) is 8.08. The van der Waals surface area contributed by atoms with Crippen molar-refractivity contribution in [2.24, 2.45) is 0 Å². The number of para-hydroxylation sites is 1. The maximum Gasteiger partial charge on any atom is 0.344 e. The van der Waals surface area contributed by atoms with E-state index >= 15 is 0 Å². The molecule has 0 bridgehead atoms. The summed E-state index contributed by atoms with van der Waals surface area (Å²) in [6, 6.07) is 8.69. The van der Waals surface area contributed by atoms with E-state index in [1.807, 2.05) is 39.0 Å². The molecule has 0 aliphatic carbocycles. The Kier molecular flexibility index (Phi) is 6.08. The highest BCUT2D eigenvalue weighted by atomic mass is 19.1. The molecule has 1 N–H and O–H groups in total. The van der Waals surface area contributed by atoms with Crippen LogP contribution >= 0.6 is 0 Å². The van der Waals surface area contributed by atoms with Crippen molar-refractivity contribution >= 4 is 17.6 Å². The van der Waals surface area contributed by atoms with Gasteiger partial charge in [0.05, 0.1) is 0 Å². The Morgan fingerprint density at radius 3 is 2.15 bits per heavy atom. The molecule has 0 heterocycles. The average Bonchev–Trinajstić information content (AvgIpc) is 2.56. The smallest absolute Gasteiger partial charge is 0.344 e. The number of carbonyl (C=O) groups is 2. The fourth-order valence-corrected chi connectivity index (χ4v) is 2.53. The zero-order chi connectivity index (χ0) is 19.4. The number of anilines is 1. The fraction of sp³-hybridized carbons (Fsp3) is 0.300. The molecule has 1 unspecified atom stereocenters. The number of hydrogen-bond acceptors (Lipinski definition) is 3. The molecule has 2 rings (SSSR count). The van der Waals surface area contributed by atoms with Crippen molar-refractivity contribution in [3.63, 3.8) is 0 Å². The van der Waals surface area contributed by atoms with E-state index in [9.17, 15) is 18.4 Å². The van der Waals surface area contributed by atoms with E-state index in [-0.39, 0.29) is 5.92 Å². The Balaban J connectivity index is 2.15. The van der Waals surface area contributed by atoms with E-state index in [4.69, 9.17) is 4.74 Å². The van der Waals surface area contributed by atoms with Gasteiger partial charge in [-0.1, -0.05) is 38.1 Å². The molecule has 0 aliphatic heterocycles. The molecule has 0 spiro atoms. The Morgan fingerprint density at radius 1 is 1.00 bits per heavy atom. The molecule has 4 nitrogen and oxygen atoms in total. The van der Waals surface area contributed by atoms with Crippen LogP contribution in [0.4, 0.5) is 14.5 Å². The average molecular weight is 361 g/mol. The van der Waals surface area contributed by atoms with Crippen LogP contribution in [0.2, 0.25) is 0 Å². The van der Waals surface area contributed by atoms with E-state index in [2.05, 4.69) is 5.32 Å². The number of benzene rings is 2. The maximum atomic E-state index is 13.7. The number of esters is 1. The summed E-state index contributed by atoms with van der Waals surface area (Å²) in [5.74, 6) is -3.70. The van der Waals surface area contributed by atoms with E-state index in [1.54, 1.807) is 0 Å². The van der Waals surface area contributed by atoms with Crippen LogP contribution in [0.1, 0.15) is 48.2 Å². The van der Waals surface area contributed by atoms with Gasteiger partial charge in [-0.25, -0.2) is 13.6 Å². The monoisotopic (exact) mass is 361 g/mol. The second-order valence-electron chi connectivity index (χ2n) is 6.33. The standard InChI is InChI=1S/C20H21F2NO3/c1-11(2)14-8-5-7-12(3)18(14)23-19(24)13(4)26-20(25)17-15(21)9-6-10-16(17)22/h5-11,13H,1-4H3,(H,23,24). The maximum absolute atomic E-state index is 13.7. The summed E-state index contributed by atoms with van der Waals surface area (Å²) in [6.07, 6.45) is -1.22. The molecular weight excluding hydrogens is 340 g/mol. The first kappa shape index (κ1) is 19.6. The number of carbonyl (C=O) groups excluding carboxylic acids is 2. The molecule has 0 fully saturated rings. The van der Waals surface area contributed by atoms with Crippen molar-refractivity contribution in [2.75, 3.05) is 5.32 Å². The summed E-state index contributed by atoms with van der Waals surface area (Å²) in [5.41, 5.74) is 1.64. The molecule has 0 radical (unpaired) electrons. The minimum absolute atomic E-state index is 0.176. The molecule has 2 aromatic carbocycles. The van der Waals surface area contributed by atoms with Gasteiger partial charge in [-0.05, 0) is 43.0 Å². The van der Waals surface area contributed by atoms with Gasteiger partial charge in [-0.3, -0.25) is 4.79 Å². The van der Waals surface area contributed by atoms with Gasteiger partial charge < -0.3 is 10.1 Å². The van der Waals surface area contributed by atoms with Crippen molar-refractivity contribution in [2.45, 2.75) is 39.7 Å². The van der Waals surface area contributed by atoms with Gasteiger partial charge in [0.1, 0.15) is 17.2 Å². The lowest BCUT2D eigenvalue weighted by molar-refractivity contribution is -0.123. The lowest BCUT2D eigenvalue weighted by Gasteiger charge is -2.19. The lowest BCUT2D eigenvalue weighted by atomic mass is 9.98. The molecule has 0 aliphatic rings. The quantitative estimate of drug-likeness (QED) is 0.793. The van der Waals surface area contributed by atoms with Crippen LogP contribution in [0.25, 0.3) is 0 Å². The summed E-state index contributed by atoms with van der Waals surface area (Å²) in [6.45, 7) is 7.19. The predicted molar refractivity (Wildman–Crippen MR) is 95.1 cm³/mol. The zero-order valence-electron chi connectivity index (χ0n) is 15.1. The molecule has 0 saturated carbocycles. The molecule has 0 aromatic heterocycles. The van der Waals surface area contributed by atoms with Crippen LogP contribution in [0.15, 0.2) is 36.4 Å². The first-order chi connectivity index (χ1) is 12.2. The Labute approximate surface area is 151 Å². The van der Waals surface area contributed by atoms with Crippen LogP contribution in [0.5, 0.6) is 0 Å². The Morgan fingerprint density at radius 2 is 1.58 bits per heavy atom. The van der Waals surface area contributed by atoms with E-state index in [0.717, 1.165) is 29.3 Å². The third-order valence-corrected chi connectivity index (χ3v) is 4.00. The third kappa shape index (κ3) is 4.25. The summed E-state index contributed by atoms with van der Waals surface area (Å²) in [7, 11) is 0. The van der Waals surface area contributed by atoms with Gasteiger partial charge in [0.15, 0.2) is 6.10 Å². The van der Waals surface area contributed by atoms with Crippen molar-refractivity contribution in [3.8, 4) is 0 Å². The first-order valence-corrected chi connectivity index (χ1v) is 8.27. The summed E-state index contributed by atoms with van der Waals surface area (Å²) in [5, 5.41) is 2.74. The van der Waals surface area contributed by atoms with Gasteiger partial charge >= 0.3 is 5.97 Å². The van der Waals surface area contributed by atoms with Crippen molar-refractivity contribution in [3.05, 3.63) is 64.7 Å². The van der Waals surface area contributed by atoms with Crippen LogP contribution in [0.3, 0.4) is 0 Å².